The highest BCUT2D eigenvalue weighted by molar-refractivity contribution is 7.98. The van der Waals surface area contributed by atoms with Crippen LogP contribution in [0.25, 0.3) is 0 Å². The first kappa shape index (κ1) is 21.4. The molecule has 3 amide bonds. The number of nitrogens with one attached hydrogen (secondary N) is 1. The second-order valence-corrected chi connectivity index (χ2v) is 8.10. The van der Waals surface area contributed by atoms with Gasteiger partial charge in [-0.2, -0.15) is 0 Å². The molecular formula is C20H31N3O3S. The van der Waals surface area contributed by atoms with Gasteiger partial charge in [0.05, 0.1) is 7.11 Å². The van der Waals surface area contributed by atoms with Crippen LogP contribution < -0.4 is 10.1 Å². The zero-order valence-corrected chi connectivity index (χ0v) is 17.8. The summed E-state index contributed by atoms with van der Waals surface area (Å²) in [6, 6.07) is 6.05. The molecule has 0 radical (unpaired) electrons. The molecule has 6 nitrogen and oxygen atoms in total. The monoisotopic (exact) mass is 393 g/mol. The van der Waals surface area contributed by atoms with E-state index < -0.39 is 0 Å². The molecule has 1 N–H and O–H groups in total. The van der Waals surface area contributed by atoms with E-state index in [1.165, 1.54) is 0 Å². The number of hydrogen-bond acceptors (Lipinski definition) is 4. The van der Waals surface area contributed by atoms with Crippen LogP contribution in [0.15, 0.2) is 23.1 Å². The number of thioether (sulfide) groups is 1. The number of benzene rings is 1. The van der Waals surface area contributed by atoms with E-state index in [9.17, 15) is 9.59 Å². The Balaban J connectivity index is 1.85. The van der Waals surface area contributed by atoms with Gasteiger partial charge in [0.25, 0.3) is 0 Å². The number of carbonyl (C=O) groups excluding carboxylic acids is 2. The lowest BCUT2D eigenvalue weighted by Crippen LogP contribution is -2.49. The molecule has 0 bridgehead atoms. The molecule has 1 aromatic carbocycles. The first-order chi connectivity index (χ1) is 12.8. The zero-order valence-electron chi connectivity index (χ0n) is 16.9. The number of piperidine rings is 1. The van der Waals surface area contributed by atoms with E-state index in [0.717, 1.165) is 29.1 Å². The number of rotatable bonds is 6. The smallest absolute Gasteiger partial charge is 0.317 e. The standard InChI is InChI=1S/C20H31N3O3S/c1-14(2)19(24)23-10-8-16(9-11-23)21-20(25)22(3)13-15-6-7-18(27-5)17(12-15)26-4/h6-7,12,14,16H,8-11,13H2,1-5H3,(H,21,25). The SMILES string of the molecule is COc1cc(CN(C)C(=O)NC2CCN(C(=O)C(C)C)CC2)ccc1SC. The van der Waals surface area contributed by atoms with Gasteiger partial charge in [-0.1, -0.05) is 19.9 Å². The molecule has 27 heavy (non-hydrogen) atoms. The maximum Gasteiger partial charge on any atom is 0.317 e. The van der Waals surface area contributed by atoms with Gasteiger partial charge >= 0.3 is 6.03 Å². The molecule has 0 aromatic heterocycles. The van der Waals surface area contributed by atoms with Crippen molar-refractivity contribution in [1.29, 1.82) is 0 Å². The van der Waals surface area contributed by atoms with Gasteiger partial charge in [0.1, 0.15) is 5.75 Å². The predicted molar refractivity (Wildman–Crippen MR) is 109 cm³/mol. The lowest BCUT2D eigenvalue weighted by molar-refractivity contribution is -0.135. The van der Waals surface area contributed by atoms with Crippen LogP contribution >= 0.6 is 11.8 Å². The minimum absolute atomic E-state index is 0.0248. The summed E-state index contributed by atoms with van der Waals surface area (Å²) < 4.78 is 5.41. The summed E-state index contributed by atoms with van der Waals surface area (Å²) in [5.74, 6) is 1.05. The van der Waals surface area contributed by atoms with Crippen LogP contribution in [0.1, 0.15) is 32.3 Å². The van der Waals surface area contributed by atoms with Gasteiger partial charge in [-0.3, -0.25) is 4.79 Å². The van der Waals surface area contributed by atoms with E-state index in [4.69, 9.17) is 4.74 Å². The topological polar surface area (TPSA) is 61.9 Å². The summed E-state index contributed by atoms with van der Waals surface area (Å²) in [5, 5.41) is 3.09. The molecule has 1 heterocycles. The summed E-state index contributed by atoms with van der Waals surface area (Å²) in [4.78, 5) is 29.2. The molecule has 0 aliphatic carbocycles. The van der Waals surface area contributed by atoms with Gasteiger partial charge in [-0.25, -0.2) is 4.79 Å². The second-order valence-electron chi connectivity index (χ2n) is 7.25. The molecule has 0 saturated carbocycles. The Bertz CT molecular complexity index is 658. The van der Waals surface area contributed by atoms with Gasteiger partial charge in [0.15, 0.2) is 0 Å². The summed E-state index contributed by atoms with van der Waals surface area (Å²) in [6.45, 7) is 5.78. The maximum absolute atomic E-state index is 12.5. The minimum Gasteiger partial charge on any atom is -0.496 e. The van der Waals surface area contributed by atoms with Crippen LogP contribution in [0, 0.1) is 5.92 Å². The number of nitrogens with zero attached hydrogens (tertiary/aromatic N) is 2. The number of amides is 3. The average Bonchev–Trinajstić information content (AvgIpc) is 2.67. The highest BCUT2D eigenvalue weighted by atomic mass is 32.2. The Morgan fingerprint density at radius 3 is 2.56 bits per heavy atom. The van der Waals surface area contributed by atoms with Crippen molar-refractivity contribution in [3.8, 4) is 5.75 Å². The fourth-order valence-corrected chi connectivity index (χ4v) is 3.77. The van der Waals surface area contributed by atoms with E-state index in [1.54, 1.807) is 30.8 Å². The minimum atomic E-state index is -0.0865. The third-order valence-corrected chi connectivity index (χ3v) is 5.62. The normalized spacial score (nSPS) is 15.0. The number of methoxy groups -OCH3 is 1. The molecule has 7 heteroatoms. The second kappa shape index (κ2) is 9.88. The van der Waals surface area contributed by atoms with Crippen molar-refractivity contribution < 1.29 is 14.3 Å². The molecule has 1 aliphatic rings. The molecule has 0 atom stereocenters. The van der Waals surface area contributed by atoms with Crippen molar-refractivity contribution in [2.45, 2.75) is 44.2 Å². The number of hydrogen-bond donors (Lipinski definition) is 1. The lowest BCUT2D eigenvalue weighted by Gasteiger charge is -2.34. The van der Waals surface area contributed by atoms with Crippen molar-refractivity contribution in [1.82, 2.24) is 15.1 Å². The molecule has 0 unspecified atom stereocenters. The summed E-state index contributed by atoms with van der Waals surface area (Å²) in [5.41, 5.74) is 1.03. The Morgan fingerprint density at radius 2 is 2.00 bits per heavy atom. The first-order valence-corrected chi connectivity index (χ1v) is 10.6. The fourth-order valence-electron chi connectivity index (χ4n) is 3.22. The Labute approximate surface area is 166 Å². The molecule has 0 spiro atoms. The first-order valence-electron chi connectivity index (χ1n) is 9.37. The van der Waals surface area contributed by atoms with Crippen LogP contribution in [0.5, 0.6) is 5.75 Å². The highest BCUT2D eigenvalue weighted by Gasteiger charge is 2.25. The molecule has 150 valence electrons. The van der Waals surface area contributed by atoms with Gasteiger partial charge in [-0.15, -0.1) is 11.8 Å². The zero-order chi connectivity index (χ0) is 20.0. The third-order valence-electron chi connectivity index (χ3n) is 4.84. The van der Waals surface area contributed by atoms with Crippen LogP contribution in [0.2, 0.25) is 0 Å². The largest absolute Gasteiger partial charge is 0.496 e. The van der Waals surface area contributed by atoms with Crippen molar-refractivity contribution >= 4 is 23.7 Å². The van der Waals surface area contributed by atoms with Crippen LogP contribution in [-0.2, 0) is 11.3 Å². The van der Waals surface area contributed by atoms with Gasteiger partial charge in [0, 0.05) is 43.5 Å². The van der Waals surface area contributed by atoms with Crippen molar-refractivity contribution in [2.75, 3.05) is 33.5 Å². The van der Waals surface area contributed by atoms with E-state index in [-0.39, 0.29) is 23.9 Å². The van der Waals surface area contributed by atoms with Crippen molar-refractivity contribution in [3.05, 3.63) is 23.8 Å². The Hall–Kier alpha value is -1.89. The Morgan fingerprint density at radius 1 is 1.33 bits per heavy atom. The van der Waals surface area contributed by atoms with Gasteiger partial charge in [0.2, 0.25) is 5.91 Å². The highest BCUT2D eigenvalue weighted by Crippen LogP contribution is 2.28. The van der Waals surface area contributed by atoms with Crippen molar-refractivity contribution in [2.24, 2.45) is 5.92 Å². The molecule has 1 fully saturated rings. The molecule has 1 saturated heterocycles. The number of carbonyl (C=O) groups is 2. The van der Waals surface area contributed by atoms with Crippen LogP contribution in [0.4, 0.5) is 4.79 Å². The van der Waals surface area contributed by atoms with Gasteiger partial charge < -0.3 is 19.9 Å². The van der Waals surface area contributed by atoms with Gasteiger partial charge in [-0.05, 0) is 36.8 Å². The van der Waals surface area contributed by atoms with E-state index in [1.807, 2.05) is 43.2 Å². The van der Waals surface area contributed by atoms with Crippen molar-refractivity contribution in [3.63, 3.8) is 0 Å². The predicted octanol–water partition coefficient (Wildman–Crippen LogP) is 3.21. The summed E-state index contributed by atoms with van der Waals surface area (Å²) in [6.07, 6.45) is 3.61. The summed E-state index contributed by atoms with van der Waals surface area (Å²) >= 11 is 1.64. The molecular weight excluding hydrogens is 362 g/mol. The Kier molecular flexibility index (Phi) is 7.83. The molecule has 1 aliphatic heterocycles. The van der Waals surface area contributed by atoms with E-state index >= 15 is 0 Å². The average molecular weight is 394 g/mol. The fraction of sp³-hybridized carbons (Fsp3) is 0.600. The maximum atomic E-state index is 12.5. The van der Waals surface area contributed by atoms with Crippen LogP contribution in [-0.4, -0.2) is 61.3 Å². The molecule has 2 rings (SSSR count). The van der Waals surface area contributed by atoms with Crippen LogP contribution in [0.3, 0.4) is 0 Å². The number of likely N-dealkylation sites (tertiary alicyclic amines) is 1. The quantitative estimate of drug-likeness (QED) is 0.754. The summed E-state index contributed by atoms with van der Waals surface area (Å²) in [7, 11) is 3.45. The number of urea groups is 1. The van der Waals surface area contributed by atoms with E-state index in [0.29, 0.717) is 19.6 Å². The van der Waals surface area contributed by atoms with E-state index in [2.05, 4.69) is 5.32 Å². The number of ether oxygens (including phenoxy) is 1. The third kappa shape index (κ3) is 5.79. The molecule has 1 aromatic rings. The lowest BCUT2D eigenvalue weighted by atomic mass is 10.0.